The second-order valence-electron chi connectivity index (χ2n) is 5.10. The number of nitrogens with zero attached hydrogens (tertiary/aromatic N) is 1. The van der Waals surface area contributed by atoms with Gasteiger partial charge in [0, 0.05) is 18.8 Å². The Balaban J connectivity index is 2.01. The molecule has 9 heteroatoms. The van der Waals surface area contributed by atoms with Crippen LogP contribution in [0.3, 0.4) is 0 Å². The number of fused-ring (bicyclic) bond motifs is 1. The average molecular weight is 317 g/mol. The van der Waals surface area contributed by atoms with Gasteiger partial charge in [0.25, 0.3) is 10.0 Å². The van der Waals surface area contributed by atoms with Crippen molar-refractivity contribution in [3.8, 4) is 0 Å². The lowest BCUT2D eigenvalue weighted by atomic mass is 9.93. The molecule has 0 radical (unpaired) electrons. The molecule has 0 saturated carbocycles. The molecule has 20 heavy (non-hydrogen) atoms. The summed E-state index contributed by atoms with van der Waals surface area (Å²) >= 11 is 0.704. The largest absolute Gasteiger partial charge is 0.354 e. The molecule has 2 saturated heterocycles. The zero-order valence-corrected chi connectivity index (χ0v) is 12.5. The maximum absolute atomic E-state index is 12.7. The molecule has 2 N–H and O–H groups in total. The van der Waals surface area contributed by atoms with E-state index in [0.717, 1.165) is 0 Å². The van der Waals surface area contributed by atoms with E-state index in [-0.39, 0.29) is 26.9 Å². The Morgan fingerprint density at radius 1 is 1.35 bits per heavy atom. The number of carbonyl (C=O) groups is 1. The molecule has 2 aliphatic heterocycles. The zero-order valence-electron chi connectivity index (χ0n) is 10.9. The number of aromatic nitrogens is 1. The SMILES string of the molecule is Cc1[nH]c(=O)sc1S(=O)(=O)N1CCCC2C(=O)NCC21. The number of H-pyrrole nitrogens is 1. The third-order valence-corrected chi connectivity index (χ3v) is 7.38. The minimum absolute atomic E-state index is 0.0579. The van der Waals surface area contributed by atoms with Gasteiger partial charge in [0.15, 0.2) is 4.21 Å². The summed E-state index contributed by atoms with van der Waals surface area (Å²) in [7, 11) is -3.72. The highest BCUT2D eigenvalue weighted by Crippen LogP contribution is 2.33. The van der Waals surface area contributed by atoms with Gasteiger partial charge >= 0.3 is 4.87 Å². The number of nitrogens with one attached hydrogen (secondary N) is 2. The van der Waals surface area contributed by atoms with E-state index in [0.29, 0.717) is 43.0 Å². The van der Waals surface area contributed by atoms with Crippen molar-refractivity contribution in [2.45, 2.75) is 30.0 Å². The Morgan fingerprint density at radius 3 is 2.75 bits per heavy atom. The Morgan fingerprint density at radius 2 is 2.10 bits per heavy atom. The third kappa shape index (κ3) is 2.00. The van der Waals surface area contributed by atoms with E-state index in [9.17, 15) is 18.0 Å². The summed E-state index contributed by atoms with van der Waals surface area (Å²) < 4.78 is 26.9. The zero-order chi connectivity index (χ0) is 14.5. The first kappa shape index (κ1) is 13.8. The molecule has 2 aliphatic rings. The van der Waals surface area contributed by atoms with Gasteiger partial charge in [0.2, 0.25) is 5.91 Å². The Kier molecular flexibility index (Phi) is 3.22. The molecule has 1 aromatic rings. The second kappa shape index (κ2) is 4.68. The number of piperidine rings is 1. The van der Waals surface area contributed by atoms with Gasteiger partial charge in [-0.1, -0.05) is 11.3 Å². The molecule has 2 unspecified atom stereocenters. The molecular formula is C11H15N3O4S2. The van der Waals surface area contributed by atoms with Crippen molar-refractivity contribution < 1.29 is 13.2 Å². The smallest absolute Gasteiger partial charge is 0.305 e. The quantitative estimate of drug-likeness (QED) is 0.778. The summed E-state index contributed by atoms with van der Waals surface area (Å²) in [5.74, 6) is -0.344. The summed E-state index contributed by atoms with van der Waals surface area (Å²) in [5.41, 5.74) is 0.361. The fourth-order valence-electron chi connectivity index (χ4n) is 2.95. The summed E-state index contributed by atoms with van der Waals surface area (Å²) in [4.78, 5) is 25.2. The van der Waals surface area contributed by atoms with Crippen LogP contribution in [0.2, 0.25) is 0 Å². The highest BCUT2D eigenvalue weighted by molar-refractivity contribution is 7.91. The normalized spacial score (nSPS) is 27.4. The maximum atomic E-state index is 12.7. The molecule has 0 spiro atoms. The molecule has 0 aliphatic carbocycles. The summed E-state index contributed by atoms with van der Waals surface area (Å²) in [6, 6.07) is -0.335. The van der Waals surface area contributed by atoms with Crippen LogP contribution in [0.4, 0.5) is 0 Å². The monoisotopic (exact) mass is 317 g/mol. The van der Waals surface area contributed by atoms with Crippen molar-refractivity contribution in [2.24, 2.45) is 5.92 Å². The number of rotatable bonds is 2. The lowest BCUT2D eigenvalue weighted by Gasteiger charge is -2.34. The summed E-state index contributed by atoms with van der Waals surface area (Å²) in [6.07, 6.45) is 1.37. The van der Waals surface area contributed by atoms with Crippen LogP contribution in [-0.2, 0) is 14.8 Å². The minimum Gasteiger partial charge on any atom is -0.354 e. The predicted octanol–water partition coefficient (Wildman–Crippen LogP) is -0.356. The van der Waals surface area contributed by atoms with Crippen LogP contribution < -0.4 is 10.2 Å². The van der Waals surface area contributed by atoms with E-state index >= 15 is 0 Å². The van der Waals surface area contributed by atoms with E-state index in [2.05, 4.69) is 10.3 Å². The molecule has 110 valence electrons. The van der Waals surface area contributed by atoms with Crippen LogP contribution in [0.25, 0.3) is 0 Å². The lowest BCUT2D eigenvalue weighted by molar-refractivity contribution is -0.123. The van der Waals surface area contributed by atoms with E-state index in [1.54, 1.807) is 6.92 Å². The number of carbonyl (C=O) groups excluding carboxylic acids is 1. The average Bonchev–Trinajstić information content (AvgIpc) is 2.93. The molecule has 3 rings (SSSR count). The molecular weight excluding hydrogens is 302 g/mol. The van der Waals surface area contributed by atoms with Gasteiger partial charge in [-0.3, -0.25) is 9.59 Å². The van der Waals surface area contributed by atoms with Gasteiger partial charge in [-0.25, -0.2) is 8.42 Å². The Bertz CT molecular complexity index is 705. The minimum atomic E-state index is -3.72. The standard InChI is InChI=1S/C11H15N3O4S2/c1-6-10(19-11(16)13-6)20(17,18)14-4-2-3-7-8(14)5-12-9(7)15/h7-8H,2-5H2,1H3,(H,12,15)(H,13,16). The summed E-state index contributed by atoms with van der Waals surface area (Å²) in [5, 5.41) is 2.72. The first-order valence-corrected chi connectivity index (χ1v) is 8.66. The number of sulfonamides is 1. The second-order valence-corrected chi connectivity index (χ2v) is 8.17. The number of aromatic amines is 1. The van der Waals surface area contributed by atoms with E-state index < -0.39 is 10.0 Å². The van der Waals surface area contributed by atoms with Crippen molar-refractivity contribution >= 4 is 27.3 Å². The van der Waals surface area contributed by atoms with Crippen molar-refractivity contribution in [3.05, 3.63) is 15.4 Å². The van der Waals surface area contributed by atoms with Crippen molar-refractivity contribution in [2.75, 3.05) is 13.1 Å². The maximum Gasteiger partial charge on any atom is 0.305 e. The van der Waals surface area contributed by atoms with E-state index in [4.69, 9.17) is 0 Å². The molecule has 2 atom stereocenters. The number of amides is 1. The van der Waals surface area contributed by atoms with Crippen LogP contribution in [0.5, 0.6) is 0 Å². The molecule has 3 heterocycles. The van der Waals surface area contributed by atoms with Crippen LogP contribution in [0.1, 0.15) is 18.5 Å². The lowest BCUT2D eigenvalue weighted by Crippen LogP contribution is -2.48. The van der Waals surface area contributed by atoms with Crippen molar-refractivity contribution in [3.63, 3.8) is 0 Å². The topological polar surface area (TPSA) is 99.3 Å². The fraction of sp³-hybridized carbons (Fsp3) is 0.636. The van der Waals surface area contributed by atoms with E-state index in [1.165, 1.54) is 4.31 Å². The molecule has 1 amide bonds. The number of hydrogen-bond acceptors (Lipinski definition) is 5. The molecule has 0 aromatic carbocycles. The fourth-order valence-corrected chi connectivity index (χ4v) is 6.06. The molecule has 1 aromatic heterocycles. The highest BCUT2D eigenvalue weighted by atomic mass is 32.2. The van der Waals surface area contributed by atoms with Gasteiger partial charge in [0.05, 0.1) is 12.0 Å². The Labute approximate surface area is 120 Å². The number of aryl methyl sites for hydroxylation is 1. The van der Waals surface area contributed by atoms with E-state index in [1.807, 2.05) is 0 Å². The van der Waals surface area contributed by atoms with Gasteiger partial charge in [-0.15, -0.1) is 0 Å². The number of hydrogen-bond donors (Lipinski definition) is 2. The molecule has 0 bridgehead atoms. The van der Waals surface area contributed by atoms with Crippen molar-refractivity contribution in [1.82, 2.24) is 14.6 Å². The number of thiazole rings is 1. The van der Waals surface area contributed by atoms with Gasteiger partial charge in [0.1, 0.15) is 0 Å². The summed E-state index contributed by atoms with van der Waals surface area (Å²) in [6.45, 7) is 2.31. The van der Waals surface area contributed by atoms with Crippen molar-refractivity contribution in [1.29, 1.82) is 0 Å². The third-order valence-electron chi connectivity index (χ3n) is 3.87. The highest BCUT2D eigenvalue weighted by Gasteiger charge is 2.46. The first-order chi connectivity index (χ1) is 9.41. The van der Waals surface area contributed by atoms with Crippen LogP contribution in [0, 0.1) is 12.8 Å². The van der Waals surface area contributed by atoms with Gasteiger partial charge < -0.3 is 10.3 Å². The van der Waals surface area contributed by atoms with Gasteiger partial charge in [-0.2, -0.15) is 4.31 Å². The Hall–Kier alpha value is -1.19. The molecule has 2 fully saturated rings. The molecule has 7 nitrogen and oxygen atoms in total. The first-order valence-electron chi connectivity index (χ1n) is 6.40. The van der Waals surface area contributed by atoms with Crippen LogP contribution >= 0.6 is 11.3 Å². The van der Waals surface area contributed by atoms with Gasteiger partial charge in [-0.05, 0) is 19.8 Å². The van der Waals surface area contributed by atoms with Crippen LogP contribution in [0.15, 0.2) is 9.00 Å². The predicted molar refractivity (Wildman–Crippen MR) is 73.1 cm³/mol. The van der Waals surface area contributed by atoms with Crippen LogP contribution in [-0.4, -0.2) is 42.7 Å².